The minimum Gasteiger partial charge on any atom is -0.478 e. The number of nitrogens with one attached hydrogen (secondary N) is 1. The molecule has 1 aromatic rings. The van der Waals surface area contributed by atoms with Crippen LogP contribution in [0.4, 0.5) is 11.4 Å². The van der Waals surface area contributed by atoms with E-state index in [1.54, 1.807) is 12.1 Å². The number of hydrogen-bond acceptors (Lipinski definition) is 3. The van der Waals surface area contributed by atoms with Crippen molar-refractivity contribution < 1.29 is 9.90 Å². The molecule has 17 heavy (non-hydrogen) atoms. The molecule has 0 heterocycles. The third kappa shape index (κ3) is 2.52. The Hall–Kier alpha value is -1.71. The second-order valence-corrected chi connectivity index (χ2v) is 5.13. The number of nitrogen functional groups attached to an aromatic ring is 1. The zero-order chi connectivity index (χ0) is 12.5. The summed E-state index contributed by atoms with van der Waals surface area (Å²) in [4.78, 5) is 11.1. The maximum Gasteiger partial charge on any atom is 0.337 e. The third-order valence-corrected chi connectivity index (χ3v) is 3.54. The fraction of sp³-hybridized carbons (Fsp3) is 0.462. The number of hydrogen-bond donors (Lipinski definition) is 3. The molecule has 0 spiro atoms. The van der Waals surface area contributed by atoms with E-state index in [-0.39, 0.29) is 5.56 Å². The molecular weight excluding hydrogens is 216 g/mol. The maximum atomic E-state index is 11.1. The molecule has 0 atom stereocenters. The van der Waals surface area contributed by atoms with Gasteiger partial charge in [-0.1, -0.05) is 13.3 Å². The molecule has 1 saturated carbocycles. The highest BCUT2D eigenvalue weighted by molar-refractivity contribution is 5.95. The lowest BCUT2D eigenvalue weighted by atomic mass is 9.70. The fourth-order valence-electron chi connectivity index (χ4n) is 2.16. The van der Waals surface area contributed by atoms with Crippen molar-refractivity contribution in [2.75, 3.05) is 17.6 Å². The normalized spacial score (nSPS) is 17.2. The number of nitrogens with two attached hydrogens (primary N) is 1. The molecule has 1 fully saturated rings. The Kier molecular flexibility index (Phi) is 2.96. The highest BCUT2D eigenvalue weighted by Crippen LogP contribution is 2.40. The van der Waals surface area contributed by atoms with E-state index in [1.165, 1.54) is 25.3 Å². The maximum absolute atomic E-state index is 11.1. The quantitative estimate of drug-likeness (QED) is 0.700. The van der Waals surface area contributed by atoms with E-state index in [1.807, 2.05) is 0 Å². The first kappa shape index (κ1) is 11.8. The van der Waals surface area contributed by atoms with Gasteiger partial charge < -0.3 is 16.2 Å². The van der Waals surface area contributed by atoms with E-state index < -0.39 is 5.97 Å². The van der Waals surface area contributed by atoms with Crippen LogP contribution >= 0.6 is 0 Å². The van der Waals surface area contributed by atoms with Crippen molar-refractivity contribution in [3.05, 3.63) is 23.8 Å². The van der Waals surface area contributed by atoms with Crippen molar-refractivity contribution in [2.45, 2.75) is 26.2 Å². The van der Waals surface area contributed by atoms with Gasteiger partial charge in [-0.25, -0.2) is 4.79 Å². The van der Waals surface area contributed by atoms with Crippen LogP contribution in [0.25, 0.3) is 0 Å². The average Bonchev–Trinajstić information content (AvgIpc) is 2.24. The Morgan fingerprint density at radius 2 is 2.24 bits per heavy atom. The zero-order valence-electron chi connectivity index (χ0n) is 9.99. The number of benzene rings is 1. The van der Waals surface area contributed by atoms with Gasteiger partial charge in [0, 0.05) is 17.9 Å². The van der Waals surface area contributed by atoms with Crippen LogP contribution in [0.3, 0.4) is 0 Å². The summed E-state index contributed by atoms with van der Waals surface area (Å²) >= 11 is 0. The number of carbonyl (C=O) groups is 1. The Labute approximate surface area is 101 Å². The van der Waals surface area contributed by atoms with Crippen LogP contribution in [-0.4, -0.2) is 17.6 Å². The summed E-state index contributed by atoms with van der Waals surface area (Å²) in [5.41, 5.74) is 7.28. The second-order valence-electron chi connectivity index (χ2n) is 5.13. The molecule has 4 heteroatoms. The van der Waals surface area contributed by atoms with E-state index >= 15 is 0 Å². The lowest BCUT2D eigenvalue weighted by molar-refractivity contribution is 0.0697. The van der Waals surface area contributed by atoms with Crippen LogP contribution in [0.15, 0.2) is 18.2 Å². The summed E-state index contributed by atoms with van der Waals surface area (Å²) in [7, 11) is 0. The molecule has 1 aliphatic carbocycles. The summed E-state index contributed by atoms with van der Waals surface area (Å²) in [6.45, 7) is 3.04. The van der Waals surface area contributed by atoms with Gasteiger partial charge in [0.1, 0.15) is 0 Å². The van der Waals surface area contributed by atoms with Crippen LogP contribution in [0.2, 0.25) is 0 Å². The van der Waals surface area contributed by atoms with Gasteiger partial charge in [0.15, 0.2) is 0 Å². The highest BCUT2D eigenvalue weighted by Gasteiger charge is 2.31. The third-order valence-electron chi connectivity index (χ3n) is 3.54. The number of anilines is 2. The lowest BCUT2D eigenvalue weighted by Crippen LogP contribution is -2.33. The van der Waals surface area contributed by atoms with Crippen LogP contribution in [-0.2, 0) is 0 Å². The van der Waals surface area contributed by atoms with Gasteiger partial charge in [-0.05, 0) is 36.5 Å². The minimum atomic E-state index is -0.946. The molecule has 0 aromatic heterocycles. The molecule has 0 aliphatic heterocycles. The van der Waals surface area contributed by atoms with Crippen molar-refractivity contribution >= 4 is 17.3 Å². The molecule has 0 radical (unpaired) electrons. The van der Waals surface area contributed by atoms with Gasteiger partial charge in [-0.3, -0.25) is 0 Å². The topological polar surface area (TPSA) is 75.3 Å². The van der Waals surface area contributed by atoms with Crippen molar-refractivity contribution in [3.8, 4) is 0 Å². The Bertz CT molecular complexity index is 439. The summed E-state index contributed by atoms with van der Waals surface area (Å²) < 4.78 is 0. The predicted octanol–water partition coefficient (Wildman–Crippen LogP) is 2.57. The van der Waals surface area contributed by atoms with Gasteiger partial charge in [-0.2, -0.15) is 0 Å². The molecule has 2 rings (SSSR count). The van der Waals surface area contributed by atoms with Gasteiger partial charge in [0.05, 0.1) is 5.56 Å². The van der Waals surface area contributed by atoms with E-state index in [0.29, 0.717) is 16.8 Å². The average molecular weight is 234 g/mol. The van der Waals surface area contributed by atoms with Crippen LogP contribution in [0.1, 0.15) is 36.5 Å². The summed E-state index contributed by atoms with van der Waals surface area (Å²) in [5.74, 6) is -0.946. The van der Waals surface area contributed by atoms with E-state index in [0.717, 1.165) is 6.54 Å². The summed E-state index contributed by atoms with van der Waals surface area (Å²) in [6, 6.07) is 4.95. The van der Waals surface area contributed by atoms with Crippen LogP contribution in [0, 0.1) is 5.41 Å². The fourth-order valence-corrected chi connectivity index (χ4v) is 2.16. The SMILES string of the molecule is CC1(CNc2ccc(N)cc2C(=O)O)CCC1. The number of aromatic carboxylic acids is 1. The molecule has 0 unspecified atom stereocenters. The summed E-state index contributed by atoms with van der Waals surface area (Å²) in [5, 5.41) is 12.3. The molecule has 0 bridgehead atoms. The first-order valence-electron chi connectivity index (χ1n) is 5.87. The van der Waals surface area contributed by atoms with E-state index in [2.05, 4.69) is 12.2 Å². The van der Waals surface area contributed by atoms with Crippen molar-refractivity contribution in [3.63, 3.8) is 0 Å². The standard InChI is InChI=1S/C13H18N2O2/c1-13(5-2-6-13)8-15-11-4-3-9(14)7-10(11)12(16)17/h3-4,7,15H,2,5-6,8,14H2,1H3,(H,16,17). The Morgan fingerprint density at radius 1 is 1.53 bits per heavy atom. The molecule has 1 aliphatic rings. The van der Waals surface area contributed by atoms with Gasteiger partial charge in [-0.15, -0.1) is 0 Å². The Balaban J connectivity index is 2.12. The molecule has 0 amide bonds. The number of carboxylic acids is 1. The van der Waals surface area contributed by atoms with Gasteiger partial charge in [0.25, 0.3) is 0 Å². The predicted molar refractivity (Wildman–Crippen MR) is 68.3 cm³/mol. The van der Waals surface area contributed by atoms with Gasteiger partial charge in [0.2, 0.25) is 0 Å². The molecule has 92 valence electrons. The molecule has 0 saturated heterocycles. The molecule has 4 N–H and O–H groups in total. The first-order valence-corrected chi connectivity index (χ1v) is 5.87. The van der Waals surface area contributed by atoms with Crippen LogP contribution in [0.5, 0.6) is 0 Å². The number of rotatable bonds is 4. The largest absolute Gasteiger partial charge is 0.478 e. The molecule has 4 nitrogen and oxygen atoms in total. The second kappa shape index (κ2) is 4.28. The smallest absolute Gasteiger partial charge is 0.337 e. The van der Waals surface area contributed by atoms with Crippen molar-refractivity contribution in [2.24, 2.45) is 5.41 Å². The Morgan fingerprint density at radius 3 is 2.76 bits per heavy atom. The first-order chi connectivity index (χ1) is 8.00. The van der Waals surface area contributed by atoms with Gasteiger partial charge >= 0.3 is 5.97 Å². The highest BCUT2D eigenvalue weighted by atomic mass is 16.4. The van der Waals surface area contributed by atoms with E-state index in [9.17, 15) is 4.79 Å². The summed E-state index contributed by atoms with van der Waals surface area (Å²) in [6.07, 6.45) is 3.68. The van der Waals surface area contributed by atoms with E-state index in [4.69, 9.17) is 10.8 Å². The number of carboxylic acid groups (broad SMARTS) is 1. The van der Waals surface area contributed by atoms with Crippen molar-refractivity contribution in [1.29, 1.82) is 0 Å². The minimum absolute atomic E-state index is 0.243. The molecule has 1 aromatic carbocycles. The molecular formula is C13H18N2O2. The van der Waals surface area contributed by atoms with Crippen LogP contribution < -0.4 is 11.1 Å². The van der Waals surface area contributed by atoms with Crippen molar-refractivity contribution in [1.82, 2.24) is 0 Å². The zero-order valence-corrected chi connectivity index (χ0v) is 9.99. The monoisotopic (exact) mass is 234 g/mol. The lowest BCUT2D eigenvalue weighted by Gasteiger charge is -2.38.